The Morgan fingerprint density at radius 3 is 2.70 bits per heavy atom. The molecule has 2 saturated carbocycles. The average molecular weight is 294 g/mol. The highest BCUT2D eigenvalue weighted by molar-refractivity contribution is 7.90. The third-order valence-corrected chi connectivity index (χ3v) is 6.06. The van der Waals surface area contributed by atoms with Crippen LogP contribution in [0.5, 0.6) is 0 Å². The number of anilines is 2. The van der Waals surface area contributed by atoms with Crippen LogP contribution in [0.4, 0.5) is 11.4 Å². The molecule has 3 rings (SSSR count). The summed E-state index contributed by atoms with van der Waals surface area (Å²) in [6.45, 7) is 0.901. The van der Waals surface area contributed by atoms with E-state index in [1.54, 1.807) is 12.1 Å². The van der Waals surface area contributed by atoms with E-state index in [4.69, 9.17) is 5.73 Å². The monoisotopic (exact) mass is 294 g/mol. The van der Waals surface area contributed by atoms with E-state index in [1.807, 2.05) is 6.07 Å². The molecule has 2 fully saturated rings. The largest absolute Gasteiger partial charge is 0.396 e. The van der Waals surface area contributed by atoms with E-state index in [0.717, 1.165) is 30.0 Å². The van der Waals surface area contributed by atoms with Crippen molar-refractivity contribution in [2.45, 2.75) is 30.6 Å². The first kappa shape index (κ1) is 13.7. The molecular weight excluding hydrogens is 272 g/mol. The van der Waals surface area contributed by atoms with Crippen molar-refractivity contribution in [1.29, 1.82) is 0 Å². The molecule has 0 amide bonds. The summed E-state index contributed by atoms with van der Waals surface area (Å²) in [6, 6.07) is 5.17. The van der Waals surface area contributed by atoms with Crippen molar-refractivity contribution in [2.75, 3.05) is 23.9 Å². The topological polar surface area (TPSA) is 72.2 Å². The fraction of sp³-hybridized carbons (Fsp3) is 0.600. The third kappa shape index (κ3) is 2.51. The number of rotatable bonds is 4. The van der Waals surface area contributed by atoms with Gasteiger partial charge in [-0.2, -0.15) is 0 Å². The van der Waals surface area contributed by atoms with Gasteiger partial charge < -0.3 is 11.1 Å². The summed E-state index contributed by atoms with van der Waals surface area (Å²) >= 11 is 0. The Kier molecular flexibility index (Phi) is 3.40. The number of benzene rings is 1. The molecule has 0 aromatic heterocycles. The fourth-order valence-corrected chi connectivity index (χ4v) is 4.72. The van der Waals surface area contributed by atoms with Crippen LogP contribution in [0.1, 0.15) is 25.7 Å². The molecule has 1 aromatic carbocycles. The first-order chi connectivity index (χ1) is 9.45. The van der Waals surface area contributed by atoms with E-state index in [9.17, 15) is 8.42 Å². The van der Waals surface area contributed by atoms with Gasteiger partial charge in [0.2, 0.25) is 0 Å². The van der Waals surface area contributed by atoms with E-state index in [2.05, 4.69) is 5.32 Å². The number of nitrogens with one attached hydrogen (secondary N) is 1. The van der Waals surface area contributed by atoms with Gasteiger partial charge in [0.05, 0.1) is 16.3 Å². The Morgan fingerprint density at radius 1 is 1.30 bits per heavy atom. The molecule has 0 radical (unpaired) electrons. The van der Waals surface area contributed by atoms with Gasteiger partial charge in [-0.05, 0) is 49.1 Å². The molecular formula is C15H22N2O2S. The molecule has 0 aliphatic heterocycles. The summed E-state index contributed by atoms with van der Waals surface area (Å²) in [5.41, 5.74) is 7.08. The van der Waals surface area contributed by atoms with E-state index in [0.29, 0.717) is 5.69 Å². The zero-order valence-electron chi connectivity index (χ0n) is 11.8. The summed E-state index contributed by atoms with van der Waals surface area (Å²) in [5, 5.41) is 3.36. The van der Waals surface area contributed by atoms with Crippen LogP contribution in [0.2, 0.25) is 0 Å². The number of para-hydroxylation sites is 1. The van der Waals surface area contributed by atoms with Crippen molar-refractivity contribution in [3.8, 4) is 0 Å². The lowest BCUT2D eigenvalue weighted by Crippen LogP contribution is -2.20. The van der Waals surface area contributed by atoms with E-state index < -0.39 is 9.84 Å². The first-order valence-corrected chi connectivity index (χ1v) is 9.16. The molecule has 4 nitrogen and oxygen atoms in total. The molecule has 0 spiro atoms. The molecule has 2 bridgehead atoms. The second-order valence-corrected chi connectivity index (χ2v) is 8.29. The number of sulfone groups is 1. The van der Waals surface area contributed by atoms with Gasteiger partial charge in [-0.15, -0.1) is 0 Å². The van der Waals surface area contributed by atoms with Crippen molar-refractivity contribution in [1.82, 2.24) is 0 Å². The molecule has 20 heavy (non-hydrogen) atoms. The van der Waals surface area contributed by atoms with E-state index >= 15 is 0 Å². The molecule has 0 saturated heterocycles. The number of fused-ring (bicyclic) bond motifs is 2. The van der Waals surface area contributed by atoms with Crippen LogP contribution in [0.15, 0.2) is 23.1 Å². The van der Waals surface area contributed by atoms with Crippen LogP contribution in [0, 0.1) is 17.8 Å². The lowest BCUT2D eigenvalue weighted by Gasteiger charge is -2.23. The van der Waals surface area contributed by atoms with Crippen molar-refractivity contribution < 1.29 is 8.42 Å². The minimum atomic E-state index is -3.27. The van der Waals surface area contributed by atoms with Gasteiger partial charge in [0.1, 0.15) is 0 Å². The minimum absolute atomic E-state index is 0.218. The number of hydrogen-bond donors (Lipinski definition) is 2. The van der Waals surface area contributed by atoms with Gasteiger partial charge in [0, 0.05) is 12.8 Å². The molecule has 0 heterocycles. The zero-order valence-corrected chi connectivity index (χ0v) is 12.6. The number of hydrogen-bond acceptors (Lipinski definition) is 4. The molecule has 5 heteroatoms. The SMILES string of the molecule is CS(=O)(=O)c1cccc(NCC2CC3CCC2C3)c1N. The standard InChI is InChI=1S/C15H22N2O2S/c1-20(18,19)14-4-2-3-13(15(14)16)17-9-12-8-10-5-6-11(12)7-10/h2-4,10-12,17H,5-9,16H2,1H3. The van der Waals surface area contributed by atoms with E-state index in [-0.39, 0.29) is 4.90 Å². The van der Waals surface area contributed by atoms with Crippen LogP contribution < -0.4 is 11.1 Å². The molecule has 1 aromatic rings. The predicted octanol–water partition coefficient (Wildman–Crippen LogP) is 2.52. The Bertz CT molecular complexity index is 612. The van der Waals surface area contributed by atoms with Gasteiger partial charge in [0.15, 0.2) is 9.84 Å². The fourth-order valence-electron chi connectivity index (χ4n) is 3.89. The van der Waals surface area contributed by atoms with Gasteiger partial charge in [-0.1, -0.05) is 12.5 Å². The van der Waals surface area contributed by atoms with E-state index in [1.165, 1.54) is 31.9 Å². The molecule has 110 valence electrons. The van der Waals surface area contributed by atoms with Crippen molar-refractivity contribution >= 4 is 21.2 Å². The maximum Gasteiger partial charge on any atom is 0.177 e. The Labute approximate surface area is 120 Å². The summed E-state index contributed by atoms with van der Waals surface area (Å²) in [4.78, 5) is 0.218. The normalized spacial score (nSPS) is 28.8. The maximum absolute atomic E-state index is 11.7. The maximum atomic E-state index is 11.7. The second kappa shape index (κ2) is 4.95. The molecule has 2 aliphatic rings. The minimum Gasteiger partial charge on any atom is -0.396 e. The van der Waals surface area contributed by atoms with Crippen LogP contribution in [-0.4, -0.2) is 21.2 Å². The van der Waals surface area contributed by atoms with Crippen LogP contribution in [0.25, 0.3) is 0 Å². The van der Waals surface area contributed by atoms with Gasteiger partial charge >= 0.3 is 0 Å². The summed E-state index contributed by atoms with van der Waals surface area (Å²) in [5.74, 6) is 2.49. The molecule has 2 aliphatic carbocycles. The lowest BCUT2D eigenvalue weighted by molar-refractivity contribution is 0.348. The van der Waals surface area contributed by atoms with Gasteiger partial charge in [0.25, 0.3) is 0 Å². The average Bonchev–Trinajstić information content (AvgIpc) is 2.98. The third-order valence-electron chi connectivity index (χ3n) is 4.90. The van der Waals surface area contributed by atoms with Crippen LogP contribution >= 0.6 is 0 Å². The molecule has 3 N–H and O–H groups in total. The van der Waals surface area contributed by atoms with Gasteiger partial charge in [-0.25, -0.2) is 8.42 Å². The molecule has 3 unspecified atom stereocenters. The van der Waals surface area contributed by atoms with Crippen molar-refractivity contribution in [3.63, 3.8) is 0 Å². The Balaban J connectivity index is 1.72. The van der Waals surface area contributed by atoms with Crippen molar-refractivity contribution in [2.24, 2.45) is 17.8 Å². The highest BCUT2D eigenvalue weighted by atomic mass is 32.2. The second-order valence-electron chi connectivity index (χ2n) is 6.31. The smallest absolute Gasteiger partial charge is 0.177 e. The van der Waals surface area contributed by atoms with Crippen LogP contribution in [-0.2, 0) is 9.84 Å². The van der Waals surface area contributed by atoms with Gasteiger partial charge in [-0.3, -0.25) is 0 Å². The quantitative estimate of drug-likeness (QED) is 0.837. The zero-order chi connectivity index (χ0) is 14.3. The summed E-state index contributed by atoms with van der Waals surface area (Å²) in [7, 11) is -3.27. The number of nitrogen functional groups attached to an aromatic ring is 1. The Morgan fingerprint density at radius 2 is 2.10 bits per heavy atom. The summed E-state index contributed by atoms with van der Waals surface area (Å²) < 4.78 is 23.3. The lowest BCUT2D eigenvalue weighted by atomic mass is 9.89. The van der Waals surface area contributed by atoms with Crippen LogP contribution in [0.3, 0.4) is 0 Å². The Hall–Kier alpha value is -1.23. The number of nitrogens with two attached hydrogens (primary N) is 1. The predicted molar refractivity (Wildman–Crippen MR) is 81.4 cm³/mol. The van der Waals surface area contributed by atoms with Crippen molar-refractivity contribution in [3.05, 3.63) is 18.2 Å². The summed E-state index contributed by atoms with van der Waals surface area (Å²) in [6.07, 6.45) is 6.63. The first-order valence-electron chi connectivity index (χ1n) is 7.27. The highest BCUT2D eigenvalue weighted by Crippen LogP contribution is 2.48. The molecule has 3 atom stereocenters. The highest BCUT2D eigenvalue weighted by Gasteiger charge is 2.39.